The lowest BCUT2D eigenvalue weighted by molar-refractivity contribution is -0.120. The largest absolute Gasteiger partial charge is 0.352 e. The predicted molar refractivity (Wildman–Crippen MR) is 96.0 cm³/mol. The number of amides is 1. The highest BCUT2D eigenvalue weighted by molar-refractivity contribution is 7.89. The molecule has 0 radical (unpaired) electrons. The van der Waals surface area contributed by atoms with Gasteiger partial charge in [-0.05, 0) is 37.0 Å². The number of alkyl halides is 3. The van der Waals surface area contributed by atoms with Crippen LogP contribution in [0.1, 0.15) is 31.2 Å². The zero-order valence-corrected chi connectivity index (χ0v) is 16.0. The number of carbonyl (C=O) groups excluding carboxylic acids is 1. The first-order chi connectivity index (χ1) is 11.2. The minimum absolute atomic E-state index is 0.0341. The maximum atomic E-state index is 12.3. The second kappa shape index (κ2) is 8.23. The molecule has 0 saturated heterocycles. The smallest absolute Gasteiger partial charge is 0.272 e. The number of carbonyl (C=O) groups is 1. The quantitative estimate of drug-likeness (QED) is 0.704. The second-order valence-corrected chi connectivity index (χ2v) is 9.75. The highest BCUT2D eigenvalue weighted by atomic mass is 35.6. The molecule has 1 aromatic rings. The topological polar surface area (TPSA) is 75.3 Å². The number of nitrogens with one attached hydrogen (secondary N) is 2. The van der Waals surface area contributed by atoms with E-state index in [1.54, 1.807) is 24.3 Å². The van der Waals surface area contributed by atoms with Crippen LogP contribution in [-0.4, -0.2) is 30.7 Å². The number of benzene rings is 1. The molecule has 0 spiro atoms. The van der Waals surface area contributed by atoms with Crippen LogP contribution in [0.4, 0.5) is 0 Å². The molecule has 2 rings (SSSR count). The van der Waals surface area contributed by atoms with Crippen molar-refractivity contribution in [3.05, 3.63) is 29.8 Å². The Hall–Kier alpha value is -0.530. The van der Waals surface area contributed by atoms with Gasteiger partial charge in [-0.25, -0.2) is 13.1 Å². The normalized spacial score (nSPS) is 16.3. The van der Waals surface area contributed by atoms with E-state index in [2.05, 4.69) is 10.0 Å². The summed E-state index contributed by atoms with van der Waals surface area (Å²) >= 11 is 16.4. The fraction of sp³-hybridized carbons (Fsp3) is 0.533. The van der Waals surface area contributed by atoms with Crippen LogP contribution in [0.25, 0.3) is 0 Å². The summed E-state index contributed by atoms with van der Waals surface area (Å²) in [6.45, 7) is 0.291. The highest BCUT2D eigenvalue weighted by Crippen LogP contribution is 2.25. The molecule has 1 saturated carbocycles. The fourth-order valence-electron chi connectivity index (χ4n) is 2.59. The average Bonchev–Trinajstić information content (AvgIpc) is 2.99. The molecule has 134 valence electrons. The molecule has 5 nitrogen and oxygen atoms in total. The Morgan fingerprint density at radius 2 is 1.71 bits per heavy atom. The number of hydrogen-bond donors (Lipinski definition) is 2. The molecule has 2 N–H and O–H groups in total. The molecule has 1 aromatic carbocycles. The van der Waals surface area contributed by atoms with Gasteiger partial charge in [0, 0.05) is 12.6 Å². The van der Waals surface area contributed by atoms with E-state index in [0.29, 0.717) is 13.0 Å². The summed E-state index contributed by atoms with van der Waals surface area (Å²) in [5, 5.41) is 2.50. The van der Waals surface area contributed by atoms with Gasteiger partial charge in [-0.15, -0.1) is 0 Å². The number of sulfonamides is 1. The van der Waals surface area contributed by atoms with Crippen LogP contribution in [-0.2, 0) is 21.2 Å². The molecule has 0 aromatic heterocycles. The van der Waals surface area contributed by atoms with E-state index in [0.717, 1.165) is 31.2 Å². The van der Waals surface area contributed by atoms with Crippen molar-refractivity contribution in [2.75, 3.05) is 6.54 Å². The Morgan fingerprint density at radius 3 is 2.25 bits per heavy atom. The fourth-order valence-corrected chi connectivity index (χ4v) is 4.09. The summed E-state index contributed by atoms with van der Waals surface area (Å²) in [4.78, 5) is 11.6. The van der Waals surface area contributed by atoms with Crippen LogP contribution < -0.4 is 10.0 Å². The van der Waals surface area contributed by atoms with Crippen molar-refractivity contribution < 1.29 is 13.2 Å². The summed E-state index contributed by atoms with van der Waals surface area (Å²) in [5.74, 6) is -0.688. The first-order valence-electron chi connectivity index (χ1n) is 7.65. The van der Waals surface area contributed by atoms with Crippen LogP contribution in [0.15, 0.2) is 29.2 Å². The van der Waals surface area contributed by atoms with E-state index in [9.17, 15) is 13.2 Å². The number of halogens is 3. The van der Waals surface area contributed by atoms with E-state index in [1.807, 2.05) is 0 Å². The van der Waals surface area contributed by atoms with Crippen molar-refractivity contribution in [2.24, 2.45) is 0 Å². The maximum absolute atomic E-state index is 12.3. The molecule has 0 unspecified atom stereocenters. The van der Waals surface area contributed by atoms with Gasteiger partial charge in [0.15, 0.2) is 0 Å². The zero-order valence-electron chi connectivity index (χ0n) is 12.9. The van der Waals surface area contributed by atoms with E-state index in [1.165, 1.54) is 0 Å². The summed E-state index contributed by atoms with van der Waals surface area (Å²) < 4.78 is 25.4. The van der Waals surface area contributed by atoms with Crippen LogP contribution in [0.2, 0.25) is 0 Å². The maximum Gasteiger partial charge on any atom is 0.272 e. The van der Waals surface area contributed by atoms with E-state index in [-0.39, 0.29) is 10.9 Å². The molecule has 9 heteroatoms. The monoisotopic (exact) mass is 412 g/mol. The molecule has 0 bridgehead atoms. The van der Waals surface area contributed by atoms with Gasteiger partial charge in [-0.2, -0.15) is 0 Å². The van der Waals surface area contributed by atoms with Gasteiger partial charge in [0.1, 0.15) is 0 Å². The van der Waals surface area contributed by atoms with Crippen molar-refractivity contribution in [3.8, 4) is 0 Å². The van der Waals surface area contributed by atoms with E-state index < -0.39 is 19.7 Å². The van der Waals surface area contributed by atoms with Crippen molar-refractivity contribution in [2.45, 2.75) is 46.8 Å². The van der Waals surface area contributed by atoms with Gasteiger partial charge in [-0.3, -0.25) is 4.79 Å². The second-order valence-electron chi connectivity index (χ2n) is 5.75. The van der Waals surface area contributed by atoms with Crippen molar-refractivity contribution >= 4 is 50.7 Å². The molecule has 1 aliphatic carbocycles. The third-order valence-electron chi connectivity index (χ3n) is 3.87. The molecular formula is C15H19Cl3N2O3S. The zero-order chi connectivity index (χ0) is 17.8. The standard InChI is InChI=1S/C15H19Cl3N2O3S/c16-15(17,18)14(21)19-10-9-11-5-7-13(8-6-11)24(22,23)20-12-3-1-2-4-12/h5-8,12,20H,1-4,9-10H2,(H,19,21). The minimum atomic E-state index is -3.49. The summed E-state index contributed by atoms with van der Waals surface area (Å²) in [6, 6.07) is 6.58. The lowest BCUT2D eigenvalue weighted by Crippen LogP contribution is -2.35. The van der Waals surface area contributed by atoms with Gasteiger partial charge in [0.05, 0.1) is 4.90 Å². The third kappa shape index (κ3) is 5.77. The van der Waals surface area contributed by atoms with E-state index in [4.69, 9.17) is 34.8 Å². The SMILES string of the molecule is O=C(NCCc1ccc(S(=O)(=O)NC2CCCC2)cc1)C(Cl)(Cl)Cl. The summed E-state index contributed by atoms with van der Waals surface area (Å²) in [7, 11) is -3.49. The summed E-state index contributed by atoms with van der Waals surface area (Å²) in [5.41, 5.74) is 0.874. The number of rotatable bonds is 6. The highest BCUT2D eigenvalue weighted by Gasteiger charge is 2.30. The van der Waals surface area contributed by atoms with Crippen LogP contribution in [0, 0.1) is 0 Å². The summed E-state index contributed by atoms with van der Waals surface area (Å²) in [6.07, 6.45) is 4.40. The van der Waals surface area contributed by atoms with Crippen LogP contribution in [0.5, 0.6) is 0 Å². The van der Waals surface area contributed by atoms with Crippen LogP contribution in [0.3, 0.4) is 0 Å². The molecule has 1 amide bonds. The van der Waals surface area contributed by atoms with Gasteiger partial charge < -0.3 is 5.32 Å². The Bertz CT molecular complexity index is 666. The first kappa shape index (κ1) is 19.8. The van der Waals surface area contributed by atoms with Crippen LogP contribution >= 0.6 is 34.8 Å². The van der Waals surface area contributed by atoms with Crippen molar-refractivity contribution in [1.82, 2.24) is 10.0 Å². The van der Waals surface area contributed by atoms with Gasteiger partial charge in [-0.1, -0.05) is 59.8 Å². The molecule has 0 aliphatic heterocycles. The predicted octanol–water partition coefficient (Wildman–Crippen LogP) is 2.94. The first-order valence-corrected chi connectivity index (χ1v) is 10.3. The Labute approximate surface area is 157 Å². The lowest BCUT2D eigenvalue weighted by Gasteiger charge is -2.13. The molecule has 1 aliphatic rings. The lowest BCUT2D eigenvalue weighted by atomic mass is 10.1. The van der Waals surface area contributed by atoms with Gasteiger partial charge in [0.2, 0.25) is 10.0 Å². The van der Waals surface area contributed by atoms with Crippen molar-refractivity contribution in [1.29, 1.82) is 0 Å². The third-order valence-corrected chi connectivity index (χ3v) is 5.92. The molecule has 1 fully saturated rings. The van der Waals surface area contributed by atoms with Gasteiger partial charge >= 0.3 is 0 Å². The molecule has 24 heavy (non-hydrogen) atoms. The molecule has 0 heterocycles. The number of hydrogen-bond acceptors (Lipinski definition) is 3. The Morgan fingerprint density at radius 1 is 1.12 bits per heavy atom. The van der Waals surface area contributed by atoms with E-state index >= 15 is 0 Å². The van der Waals surface area contributed by atoms with Crippen molar-refractivity contribution in [3.63, 3.8) is 0 Å². The van der Waals surface area contributed by atoms with Gasteiger partial charge in [0.25, 0.3) is 9.70 Å². The molecular weight excluding hydrogens is 395 g/mol. The molecule has 0 atom stereocenters. The Balaban J connectivity index is 1.89. The Kier molecular flexibility index (Phi) is 6.79. The average molecular weight is 414 g/mol. The minimum Gasteiger partial charge on any atom is -0.352 e.